The molecule has 8 nitrogen and oxygen atoms in total. The van der Waals surface area contributed by atoms with Gasteiger partial charge >= 0.3 is 0 Å². The average Bonchev–Trinajstić information content (AvgIpc) is 3.36. The number of aromatic nitrogens is 5. The first-order chi connectivity index (χ1) is 14.4. The number of nitrogens with one attached hydrogen (secondary N) is 3. The molecule has 3 N–H and O–H groups in total. The third-order valence-corrected chi connectivity index (χ3v) is 5.64. The summed E-state index contributed by atoms with van der Waals surface area (Å²) < 4.78 is 2.07. The number of carbonyl (C=O) groups excluding carboxylic acids is 1. The van der Waals surface area contributed by atoms with Gasteiger partial charge < -0.3 is 10.3 Å². The Morgan fingerprint density at radius 1 is 1.27 bits per heavy atom. The maximum atomic E-state index is 13.0. The van der Waals surface area contributed by atoms with E-state index in [2.05, 4.69) is 25.5 Å². The molecule has 0 radical (unpaired) electrons. The van der Waals surface area contributed by atoms with Crippen LogP contribution >= 0.6 is 23.6 Å². The summed E-state index contributed by atoms with van der Waals surface area (Å²) in [5, 5.41) is 11.9. The Kier molecular flexibility index (Phi) is 5.42. The molecule has 3 heterocycles. The average molecular weight is 439 g/mol. The molecule has 30 heavy (non-hydrogen) atoms. The summed E-state index contributed by atoms with van der Waals surface area (Å²) in [5.74, 6) is 0.822. The minimum atomic E-state index is -0.589. The normalized spacial score (nSPS) is 11.9. The van der Waals surface area contributed by atoms with Crippen LogP contribution in [0.3, 0.4) is 0 Å². The molecule has 0 aliphatic heterocycles. The van der Waals surface area contributed by atoms with Gasteiger partial charge in [-0.3, -0.25) is 19.3 Å². The third kappa shape index (κ3) is 4.00. The smallest absolute Gasteiger partial charge is 0.251 e. The monoisotopic (exact) mass is 438 g/mol. The standard InChI is InChI=1S/C20H18N6O2S2/c1-11-9-16(27)23-17(21-11)13-5-3-6-14(10-13)22-19(28)12(2)26-18(24-25-20(26)29)15-7-4-8-30-15/h3-10,12H,1-2H3,(H,22,28)(H,25,29)(H,21,23,27). The first kappa shape index (κ1) is 19.9. The lowest BCUT2D eigenvalue weighted by Gasteiger charge is -2.15. The largest absolute Gasteiger partial charge is 0.324 e. The fourth-order valence-corrected chi connectivity index (χ4v) is 4.07. The van der Waals surface area contributed by atoms with E-state index in [1.165, 1.54) is 17.4 Å². The molecule has 4 rings (SSSR count). The van der Waals surface area contributed by atoms with Crippen molar-refractivity contribution in [2.24, 2.45) is 0 Å². The number of anilines is 1. The van der Waals surface area contributed by atoms with Crippen LogP contribution < -0.4 is 10.9 Å². The van der Waals surface area contributed by atoms with Crippen molar-refractivity contribution in [1.29, 1.82) is 0 Å². The highest BCUT2D eigenvalue weighted by Gasteiger charge is 2.21. The maximum absolute atomic E-state index is 13.0. The van der Waals surface area contributed by atoms with E-state index < -0.39 is 6.04 Å². The van der Waals surface area contributed by atoms with Gasteiger partial charge in [-0.15, -0.1) is 11.3 Å². The predicted octanol–water partition coefficient (Wildman–Crippen LogP) is 3.93. The van der Waals surface area contributed by atoms with Crippen LogP contribution in [0.4, 0.5) is 5.69 Å². The van der Waals surface area contributed by atoms with Gasteiger partial charge in [-0.05, 0) is 49.6 Å². The number of hydrogen-bond donors (Lipinski definition) is 3. The highest BCUT2D eigenvalue weighted by atomic mass is 32.1. The maximum Gasteiger partial charge on any atom is 0.251 e. The highest BCUT2D eigenvalue weighted by molar-refractivity contribution is 7.71. The van der Waals surface area contributed by atoms with E-state index in [1.807, 2.05) is 23.6 Å². The lowest BCUT2D eigenvalue weighted by molar-refractivity contribution is -0.118. The molecule has 1 amide bonds. The van der Waals surface area contributed by atoms with Crippen molar-refractivity contribution in [2.45, 2.75) is 19.9 Å². The van der Waals surface area contributed by atoms with Crippen molar-refractivity contribution >= 4 is 35.1 Å². The topological polar surface area (TPSA) is 108 Å². The SMILES string of the molecule is Cc1cc(=O)[nH]c(-c2cccc(NC(=O)C(C)n3c(-c4cccs4)n[nH]c3=S)c2)n1. The van der Waals surface area contributed by atoms with Gasteiger partial charge in [-0.1, -0.05) is 18.2 Å². The van der Waals surface area contributed by atoms with Gasteiger partial charge in [0.25, 0.3) is 5.56 Å². The van der Waals surface area contributed by atoms with Gasteiger partial charge in [-0.2, -0.15) is 5.10 Å². The van der Waals surface area contributed by atoms with Gasteiger partial charge in [0.05, 0.1) is 4.88 Å². The summed E-state index contributed by atoms with van der Waals surface area (Å²) in [6, 6.07) is 11.8. The number of aryl methyl sites for hydroxylation is 1. The summed E-state index contributed by atoms with van der Waals surface area (Å²) in [4.78, 5) is 32.7. The molecule has 0 fully saturated rings. The van der Waals surface area contributed by atoms with Crippen LogP contribution in [0.1, 0.15) is 18.7 Å². The van der Waals surface area contributed by atoms with Crippen LogP contribution in [0, 0.1) is 11.7 Å². The minimum absolute atomic E-state index is 0.226. The summed E-state index contributed by atoms with van der Waals surface area (Å²) in [6.07, 6.45) is 0. The lowest BCUT2D eigenvalue weighted by Crippen LogP contribution is -2.24. The second-order valence-electron chi connectivity index (χ2n) is 6.68. The summed E-state index contributed by atoms with van der Waals surface area (Å²) >= 11 is 6.86. The number of hydrogen-bond acceptors (Lipinski definition) is 6. The number of amides is 1. The van der Waals surface area contributed by atoms with E-state index in [0.717, 1.165) is 4.88 Å². The molecule has 3 aromatic heterocycles. The van der Waals surface area contributed by atoms with Crippen molar-refractivity contribution in [1.82, 2.24) is 24.7 Å². The highest BCUT2D eigenvalue weighted by Crippen LogP contribution is 2.26. The minimum Gasteiger partial charge on any atom is -0.324 e. The number of nitrogens with zero attached hydrogens (tertiary/aromatic N) is 3. The Balaban J connectivity index is 1.60. The molecule has 0 saturated heterocycles. The van der Waals surface area contributed by atoms with Crippen LogP contribution in [-0.2, 0) is 4.79 Å². The number of aromatic amines is 2. The van der Waals surface area contributed by atoms with Crippen molar-refractivity contribution < 1.29 is 4.79 Å². The Bertz CT molecular complexity index is 1320. The van der Waals surface area contributed by atoms with Crippen molar-refractivity contribution in [2.75, 3.05) is 5.32 Å². The molecule has 10 heteroatoms. The zero-order valence-corrected chi connectivity index (χ0v) is 17.8. The number of thiophene rings is 1. The van der Waals surface area contributed by atoms with E-state index in [4.69, 9.17) is 12.2 Å². The molecule has 0 aliphatic carbocycles. The Morgan fingerprint density at radius 2 is 2.10 bits per heavy atom. The van der Waals surface area contributed by atoms with Crippen molar-refractivity contribution in [3.05, 3.63) is 68.7 Å². The van der Waals surface area contributed by atoms with E-state index in [-0.39, 0.29) is 11.5 Å². The Hall–Kier alpha value is -3.37. The molecule has 0 saturated carbocycles. The summed E-state index contributed by atoms with van der Waals surface area (Å²) in [7, 11) is 0. The number of carbonyl (C=O) groups is 1. The molecule has 0 spiro atoms. The molecule has 1 atom stereocenters. The number of rotatable bonds is 5. The van der Waals surface area contributed by atoms with Crippen LogP contribution in [0.2, 0.25) is 0 Å². The first-order valence-corrected chi connectivity index (χ1v) is 10.4. The molecular weight excluding hydrogens is 420 g/mol. The van der Waals surface area contributed by atoms with E-state index in [9.17, 15) is 9.59 Å². The quantitative estimate of drug-likeness (QED) is 0.409. The summed E-state index contributed by atoms with van der Waals surface area (Å²) in [6.45, 7) is 3.52. The van der Waals surface area contributed by atoms with Gasteiger partial charge in [0.2, 0.25) is 5.91 Å². The van der Waals surface area contributed by atoms with Crippen LogP contribution in [0.15, 0.2) is 52.6 Å². The van der Waals surface area contributed by atoms with Crippen LogP contribution in [-0.4, -0.2) is 30.6 Å². The zero-order valence-electron chi connectivity index (χ0n) is 16.2. The van der Waals surface area contributed by atoms with E-state index >= 15 is 0 Å². The van der Waals surface area contributed by atoms with Gasteiger partial charge in [0, 0.05) is 23.0 Å². The van der Waals surface area contributed by atoms with Gasteiger partial charge in [-0.25, -0.2) is 4.98 Å². The second kappa shape index (κ2) is 8.17. The molecular formula is C20H18N6O2S2. The molecule has 152 valence electrons. The first-order valence-electron chi connectivity index (χ1n) is 9.12. The van der Waals surface area contributed by atoms with Gasteiger partial charge in [0.1, 0.15) is 11.9 Å². The Labute approximate surface area is 180 Å². The number of H-pyrrole nitrogens is 2. The second-order valence-corrected chi connectivity index (χ2v) is 8.02. The molecule has 0 bridgehead atoms. The molecule has 1 aromatic carbocycles. The lowest BCUT2D eigenvalue weighted by atomic mass is 10.1. The molecule has 0 aliphatic rings. The van der Waals surface area contributed by atoms with Crippen molar-refractivity contribution in [3.63, 3.8) is 0 Å². The van der Waals surface area contributed by atoms with Gasteiger partial charge in [0.15, 0.2) is 10.6 Å². The predicted molar refractivity (Wildman–Crippen MR) is 119 cm³/mol. The van der Waals surface area contributed by atoms with Crippen LogP contribution in [0.5, 0.6) is 0 Å². The van der Waals surface area contributed by atoms with E-state index in [0.29, 0.717) is 33.4 Å². The van der Waals surface area contributed by atoms with Crippen LogP contribution in [0.25, 0.3) is 22.1 Å². The van der Waals surface area contributed by atoms with Crippen molar-refractivity contribution in [3.8, 4) is 22.1 Å². The number of benzene rings is 1. The fourth-order valence-electron chi connectivity index (χ4n) is 3.07. The summed E-state index contributed by atoms with van der Waals surface area (Å²) in [5.41, 5.74) is 1.67. The van der Waals surface area contributed by atoms with E-state index in [1.54, 1.807) is 36.6 Å². The molecule has 4 aromatic rings. The fraction of sp³-hybridized carbons (Fsp3) is 0.150. The third-order valence-electron chi connectivity index (χ3n) is 4.49. The Morgan fingerprint density at radius 3 is 2.83 bits per heavy atom. The molecule has 1 unspecified atom stereocenters. The zero-order chi connectivity index (χ0) is 21.3.